The molecule has 0 spiro atoms. The van der Waals surface area contributed by atoms with Gasteiger partial charge in [0.05, 0.1) is 0 Å². The van der Waals surface area contributed by atoms with E-state index in [2.05, 4.69) is 22.2 Å². The van der Waals surface area contributed by atoms with Crippen LogP contribution in [0.4, 0.5) is 0 Å². The van der Waals surface area contributed by atoms with Gasteiger partial charge in [-0.05, 0) is 19.1 Å². The molecule has 5 heteroatoms. The van der Waals surface area contributed by atoms with E-state index in [-0.39, 0.29) is 35.1 Å². The van der Waals surface area contributed by atoms with Crippen LogP contribution in [-0.4, -0.2) is 9.97 Å². The van der Waals surface area contributed by atoms with Gasteiger partial charge in [-0.15, -0.1) is 0 Å². The van der Waals surface area contributed by atoms with Gasteiger partial charge in [-0.1, -0.05) is 0 Å². The Morgan fingerprint density at radius 3 is 2.50 bits per heavy atom. The van der Waals surface area contributed by atoms with Crippen molar-refractivity contribution in [1.29, 1.82) is 0 Å². The Hall–Kier alpha value is 0.1000. The third-order valence-corrected chi connectivity index (χ3v) is 1.10. The van der Waals surface area contributed by atoms with E-state index >= 15 is 0 Å². The molecule has 0 unspecified atom stereocenters. The molecule has 48 valence electrons. The normalized spacial score (nSPS) is 8.50. The zero-order chi connectivity index (χ0) is 6.85. The maximum atomic E-state index is 10.6. The fraction of sp³-hybridized carbons (Fsp3) is 0.200. The summed E-state index contributed by atoms with van der Waals surface area (Å²) in [6.45, 7) is 1.78. The monoisotopic (exact) mass is 165 g/mol. The van der Waals surface area contributed by atoms with E-state index in [9.17, 15) is 4.79 Å². The standard InChI is InChI=1S/C5H6N2OS.Na/c1-3-2-4(8)7-5(9)6-3;/h2H,1H3,(H2,6,7,8,9);/q;+1. The molecular formula is C5H6N2NaOS+. The van der Waals surface area contributed by atoms with E-state index < -0.39 is 0 Å². The van der Waals surface area contributed by atoms with Crippen molar-refractivity contribution in [2.24, 2.45) is 0 Å². The average molecular weight is 165 g/mol. The summed E-state index contributed by atoms with van der Waals surface area (Å²) in [5.41, 5.74) is 0.625. The molecule has 0 atom stereocenters. The summed E-state index contributed by atoms with van der Waals surface area (Å²) in [5, 5.41) is 0. The first kappa shape index (κ1) is 10.1. The summed E-state index contributed by atoms with van der Waals surface area (Å²) in [7, 11) is 0. The van der Waals surface area contributed by atoms with Gasteiger partial charge in [0.1, 0.15) is 0 Å². The van der Waals surface area contributed by atoms with Gasteiger partial charge in [0.2, 0.25) is 0 Å². The van der Waals surface area contributed by atoms with Gasteiger partial charge < -0.3 is 4.98 Å². The average Bonchev–Trinajstić information content (AvgIpc) is 1.59. The number of hydrogen-bond acceptors (Lipinski definition) is 2. The van der Waals surface area contributed by atoms with Crippen LogP contribution >= 0.6 is 12.2 Å². The van der Waals surface area contributed by atoms with Crippen molar-refractivity contribution in [2.75, 3.05) is 0 Å². The summed E-state index contributed by atoms with van der Waals surface area (Å²) in [6.07, 6.45) is 0. The van der Waals surface area contributed by atoms with Crippen LogP contribution in [0.1, 0.15) is 5.69 Å². The second kappa shape index (κ2) is 4.08. The van der Waals surface area contributed by atoms with Gasteiger partial charge in [-0.2, -0.15) is 0 Å². The molecule has 1 rings (SSSR count). The summed E-state index contributed by atoms with van der Waals surface area (Å²) >= 11 is 4.68. The molecule has 0 aromatic carbocycles. The van der Waals surface area contributed by atoms with Crippen molar-refractivity contribution in [2.45, 2.75) is 6.92 Å². The number of aromatic nitrogens is 2. The zero-order valence-electron chi connectivity index (χ0n) is 5.89. The van der Waals surface area contributed by atoms with Crippen molar-refractivity contribution in [1.82, 2.24) is 9.97 Å². The molecule has 0 amide bonds. The summed E-state index contributed by atoms with van der Waals surface area (Å²) in [6, 6.07) is 1.45. The number of aryl methyl sites for hydroxylation is 1. The van der Waals surface area contributed by atoms with Crippen LogP contribution in [-0.2, 0) is 0 Å². The largest absolute Gasteiger partial charge is 1.00 e. The quantitative estimate of drug-likeness (QED) is 0.337. The number of rotatable bonds is 0. The smallest absolute Gasteiger partial charge is 0.336 e. The molecule has 0 saturated heterocycles. The molecule has 0 radical (unpaired) electrons. The van der Waals surface area contributed by atoms with Crippen LogP contribution in [0.5, 0.6) is 0 Å². The van der Waals surface area contributed by atoms with Gasteiger partial charge in [0.15, 0.2) is 4.77 Å². The SMILES string of the molecule is Cc1cc(=O)[nH]c(=S)[nH]1.[Na+]. The van der Waals surface area contributed by atoms with E-state index in [1.807, 2.05) is 0 Å². The van der Waals surface area contributed by atoms with Gasteiger partial charge in [0, 0.05) is 11.8 Å². The van der Waals surface area contributed by atoms with Crippen LogP contribution in [0, 0.1) is 11.7 Å². The maximum Gasteiger partial charge on any atom is 1.00 e. The topological polar surface area (TPSA) is 48.6 Å². The molecule has 1 aromatic heterocycles. The first-order chi connectivity index (χ1) is 4.18. The third kappa shape index (κ3) is 2.79. The molecule has 3 nitrogen and oxygen atoms in total. The predicted octanol–water partition coefficient (Wildman–Crippen LogP) is -2.26. The Morgan fingerprint density at radius 2 is 2.10 bits per heavy atom. The van der Waals surface area contributed by atoms with Crippen molar-refractivity contribution in [3.63, 3.8) is 0 Å². The number of aromatic amines is 2. The predicted molar refractivity (Wildman–Crippen MR) is 37.0 cm³/mol. The van der Waals surface area contributed by atoms with Gasteiger partial charge in [0.25, 0.3) is 5.56 Å². The fourth-order valence-electron chi connectivity index (χ4n) is 0.591. The number of nitrogens with one attached hydrogen (secondary N) is 2. The minimum absolute atomic E-state index is 0. The van der Waals surface area contributed by atoms with Crippen LogP contribution in [0.2, 0.25) is 0 Å². The van der Waals surface area contributed by atoms with E-state index in [0.29, 0.717) is 4.77 Å². The van der Waals surface area contributed by atoms with E-state index in [0.717, 1.165) is 5.69 Å². The second-order valence-corrected chi connectivity index (χ2v) is 2.18. The Morgan fingerprint density at radius 1 is 1.50 bits per heavy atom. The van der Waals surface area contributed by atoms with Gasteiger partial charge >= 0.3 is 29.6 Å². The van der Waals surface area contributed by atoms with Crippen molar-refractivity contribution in [3.05, 3.63) is 26.9 Å². The number of hydrogen-bond donors (Lipinski definition) is 2. The first-order valence-corrected chi connectivity index (χ1v) is 2.89. The van der Waals surface area contributed by atoms with Crippen LogP contribution in [0.15, 0.2) is 10.9 Å². The van der Waals surface area contributed by atoms with E-state index in [1.165, 1.54) is 6.07 Å². The molecule has 0 aliphatic heterocycles. The van der Waals surface area contributed by atoms with Crippen LogP contribution in [0.25, 0.3) is 0 Å². The molecule has 0 saturated carbocycles. The molecular weight excluding hydrogens is 159 g/mol. The zero-order valence-corrected chi connectivity index (χ0v) is 8.71. The molecule has 0 aliphatic rings. The molecule has 1 heterocycles. The minimum atomic E-state index is -0.156. The minimum Gasteiger partial charge on any atom is -0.336 e. The molecule has 0 fully saturated rings. The summed E-state index contributed by atoms with van der Waals surface area (Å²) in [4.78, 5) is 15.8. The molecule has 2 N–H and O–H groups in total. The Labute approximate surface area is 85.2 Å². The summed E-state index contributed by atoms with van der Waals surface area (Å²) in [5.74, 6) is 0. The van der Waals surface area contributed by atoms with Crippen molar-refractivity contribution < 1.29 is 29.6 Å². The van der Waals surface area contributed by atoms with Crippen LogP contribution < -0.4 is 35.1 Å². The molecule has 0 bridgehead atoms. The van der Waals surface area contributed by atoms with E-state index in [4.69, 9.17) is 0 Å². The second-order valence-electron chi connectivity index (χ2n) is 1.77. The fourth-order valence-corrected chi connectivity index (χ4v) is 0.853. The molecule has 1 aromatic rings. The van der Waals surface area contributed by atoms with Crippen LogP contribution in [0.3, 0.4) is 0 Å². The van der Waals surface area contributed by atoms with Gasteiger partial charge in [-0.3, -0.25) is 9.78 Å². The Bertz CT molecular complexity index is 288. The summed E-state index contributed by atoms with van der Waals surface area (Å²) < 4.78 is 0.375. The van der Waals surface area contributed by atoms with E-state index in [1.54, 1.807) is 6.92 Å². The Balaban J connectivity index is 0.000000810. The Kier molecular flexibility index (Phi) is 4.12. The van der Waals surface area contributed by atoms with Gasteiger partial charge in [-0.25, -0.2) is 0 Å². The van der Waals surface area contributed by atoms with Crippen molar-refractivity contribution >= 4 is 12.2 Å². The molecule has 0 aliphatic carbocycles. The molecule has 10 heavy (non-hydrogen) atoms. The van der Waals surface area contributed by atoms with Crippen molar-refractivity contribution in [3.8, 4) is 0 Å². The maximum absolute atomic E-state index is 10.6. The third-order valence-electron chi connectivity index (χ3n) is 0.895. The number of H-pyrrole nitrogens is 2. The first-order valence-electron chi connectivity index (χ1n) is 2.49.